The number of hydrogen-bond donors (Lipinski definition) is 1. The zero-order chi connectivity index (χ0) is 10.4. The lowest BCUT2D eigenvalue weighted by atomic mass is 10.6. The van der Waals surface area contributed by atoms with Crippen LogP contribution >= 0.6 is 23.5 Å². The fraction of sp³-hybridized carbons (Fsp3) is 0.556. The molecule has 0 saturated heterocycles. The number of aromatic nitrogens is 2. The van der Waals surface area contributed by atoms with Crippen molar-refractivity contribution in [3.63, 3.8) is 0 Å². The predicted molar refractivity (Wildman–Crippen MR) is 64.4 cm³/mol. The molecule has 0 amide bonds. The van der Waals surface area contributed by atoms with Gasteiger partial charge in [0.25, 0.3) is 0 Å². The van der Waals surface area contributed by atoms with Crippen LogP contribution in [0.25, 0.3) is 0 Å². The number of nitrogens with one attached hydrogen (secondary N) is 1. The quantitative estimate of drug-likeness (QED) is 0.477. The van der Waals surface area contributed by atoms with Crippen molar-refractivity contribution >= 4 is 29.3 Å². The van der Waals surface area contributed by atoms with E-state index >= 15 is 0 Å². The third kappa shape index (κ3) is 3.38. The molecule has 0 aliphatic rings. The molecule has 0 aliphatic heterocycles. The molecule has 0 saturated carbocycles. The van der Waals surface area contributed by atoms with E-state index in [1.165, 1.54) is 0 Å². The minimum atomic E-state index is 0.829. The van der Waals surface area contributed by atoms with Gasteiger partial charge < -0.3 is 5.32 Å². The molecular weight excluding hydrogens is 214 g/mol. The number of nitrogens with zero attached hydrogens (tertiary/aromatic N) is 2. The lowest BCUT2D eigenvalue weighted by molar-refractivity contribution is 0.896. The average Bonchev–Trinajstić information content (AvgIpc) is 2.25. The molecule has 1 rings (SSSR count). The van der Waals surface area contributed by atoms with Gasteiger partial charge in [0.2, 0.25) is 0 Å². The Labute approximate surface area is 93.5 Å². The zero-order valence-corrected chi connectivity index (χ0v) is 10.3. The smallest absolute Gasteiger partial charge is 0.190 e. The topological polar surface area (TPSA) is 37.8 Å². The van der Waals surface area contributed by atoms with Gasteiger partial charge in [-0.15, -0.1) is 11.8 Å². The number of thioether (sulfide) groups is 2. The summed E-state index contributed by atoms with van der Waals surface area (Å²) < 4.78 is 0. The van der Waals surface area contributed by atoms with E-state index in [9.17, 15) is 0 Å². The summed E-state index contributed by atoms with van der Waals surface area (Å²) in [5.74, 6) is 2.00. The maximum atomic E-state index is 4.41. The molecule has 0 radical (unpaired) electrons. The molecule has 0 bridgehead atoms. The number of anilines is 1. The van der Waals surface area contributed by atoms with Crippen LogP contribution in [0.2, 0.25) is 0 Å². The van der Waals surface area contributed by atoms with E-state index in [1.807, 2.05) is 19.4 Å². The van der Waals surface area contributed by atoms with Gasteiger partial charge >= 0.3 is 0 Å². The van der Waals surface area contributed by atoms with Gasteiger partial charge in [0, 0.05) is 13.1 Å². The summed E-state index contributed by atoms with van der Waals surface area (Å²) in [7, 11) is 1.88. The summed E-state index contributed by atoms with van der Waals surface area (Å²) in [5.41, 5.74) is 0. The van der Waals surface area contributed by atoms with Gasteiger partial charge in [-0.1, -0.05) is 18.7 Å². The lowest BCUT2D eigenvalue weighted by Crippen LogP contribution is -1.97. The first-order valence-electron chi connectivity index (χ1n) is 4.53. The molecule has 0 aromatic carbocycles. The molecule has 5 heteroatoms. The van der Waals surface area contributed by atoms with Crippen molar-refractivity contribution in [2.75, 3.05) is 24.4 Å². The third-order valence-electron chi connectivity index (χ3n) is 1.57. The van der Waals surface area contributed by atoms with Crippen LogP contribution < -0.4 is 5.32 Å². The molecule has 1 aromatic heterocycles. The van der Waals surface area contributed by atoms with Crippen LogP contribution in [-0.2, 0) is 0 Å². The van der Waals surface area contributed by atoms with Gasteiger partial charge in [0.05, 0.1) is 0 Å². The van der Waals surface area contributed by atoms with Crippen molar-refractivity contribution in [1.29, 1.82) is 0 Å². The highest BCUT2D eigenvalue weighted by Crippen LogP contribution is 2.22. The number of rotatable bonds is 5. The maximum absolute atomic E-state index is 4.41. The Bertz CT molecular complexity index is 269. The van der Waals surface area contributed by atoms with Crippen LogP contribution in [0.5, 0.6) is 0 Å². The molecule has 1 heterocycles. The highest BCUT2D eigenvalue weighted by molar-refractivity contribution is 7.99. The van der Waals surface area contributed by atoms with Crippen LogP contribution in [0.4, 0.5) is 5.82 Å². The van der Waals surface area contributed by atoms with Gasteiger partial charge in [0.15, 0.2) is 5.16 Å². The molecule has 78 valence electrons. The van der Waals surface area contributed by atoms with E-state index < -0.39 is 0 Å². The lowest BCUT2D eigenvalue weighted by Gasteiger charge is -2.05. The van der Waals surface area contributed by atoms with Gasteiger partial charge in [-0.05, 0) is 18.4 Å². The Kier molecular flexibility index (Phi) is 5.11. The van der Waals surface area contributed by atoms with E-state index in [-0.39, 0.29) is 0 Å². The summed E-state index contributed by atoms with van der Waals surface area (Å²) in [6, 6.07) is 1.99. The Hall–Kier alpha value is -0.420. The molecule has 1 N–H and O–H groups in total. The van der Waals surface area contributed by atoms with E-state index in [1.54, 1.807) is 23.5 Å². The van der Waals surface area contributed by atoms with E-state index in [4.69, 9.17) is 0 Å². The van der Waals surface area contributed by atoms with Crippen LogP contribution in [0.1, 0.15) is 13.3 Å². The fourth-order valence-electron chi connectivity index (χ4n) is 0.904. The third-order valence-corrected chi connectivity index (χ3v) is 3.24. The standard InChI is InChI=1S/C9H15N3S2/c1-4-5-14-8-6-7(10-2)11-9(12-8)13-3/h6H,4-5H2,1-3H3,(H,10,11,12). The summed E-state index contributed by atoms with van der Waals surface area (Å²) in [5, 5.41) is 4.92. The molecule has 14 heavy (non-hydrogen) atoms. The minimum absolute atomic E-state index is 0.829. The molecule has 0 fully saturated rings. The summed E-state index contributed by atoms with van der Waals surface area (Å²) in [4.78, 5) is 8.72. The largest absolute Gasteiger partial charge is 0.373 e. The van der Waals surface area contributed by atoms with Gasteiger partial charge in [-0.25, -0.2) is 9.97 Å². The van der Waals surface area contributed by atoms with Crippen LogP contribution in [0.15, 0.2) is 16.2 Å². The predicted octanol–water partition coefficient (Wildman–Crippen LogP) is 2.74. The summed E-state index contributed by atoms with van der Waals surface area (Å²) >= 11 is 3.35. The Morgan fingerprint density at radius 3 is 2.79 bits per heavy atom. The monoisotopic (exact) mass is 229 g/mol. The highest BCUT2D eigenvalue weighted by atomic mass is 32.2. The van der Waals surface area contributed by atoms with E-state index in [0.29, 0.717) is 0 Å². The maximum Gasteiger partial charge on any atom is 0.190 e. The molecule has 0 unspecified atom stereocenters. The van der Waals surface area contributed by atoms with Crippen molar-refractivity contribution in [2.24, 2.45) is 0 Å². The van der Waals surface area contributed by atoms with Gasteiger partial charge in [-0.2, -0.15) is 0 Å². The molecular formula is C9H15N3S2. The van der Waals surface area contributed by atoms with Crippen molar-refractivity contribution in [1.82, 2.24) is 9.97 Å². The average molecular weight is 229 g/mol. The van der Waals surface area contributed by atoms with Crippen molar-refractivity contribution in [3.05, 3.63) is 6.07 Å². The molecule has 0 spiro atoms. The SMILES string of the molecule is CCCSc1cc(NC)nc(SC)n1. The second-order valence-electron chi connectivity index (χ2n) is 2.68. The first-order valence-corrected chi connectivity index (χ1v) is 6.74. The second-order valence-corrected chi connectivity index (χ2v) is 4.57. The van der Waals surface area contributed by atoms with E-state index in [2.05, 4.69) is 22.2 Å². The summed E-state index contributed by atoms with van der Waals surface area (Å²) in [6.45, 7) is 2.17. The van der Waals surface area contributed by atoms with Gasteiger partial charge in [-0.3, -0.25) is 0 Å². The minimum Gasteiger partial charge on any atom is -0.373 e. The first-order chi connectivity index (χ1) is 6.80. The first kappa shape index (κ1) is 11.7. The second kappa shape index (κ2) is 6.14. The van der Waals surface area contributed by atoms with Gasteiger partial charge in [0.1, 0.15) is 10.8 Å². The normalized spacial score (nSPS) is 10.2. The molecule has 0 aliphatic carbocycles. The zero-order valence-electron chi connectivity index (χ0n) is 8.70. The Morgan fingerprint density at radius 1 is 1.43 bits per heavy atom. The molecule has 1 aromatic rings. The van der Waals surface area contributed by atoms with Crippen LogP contribution in [0.3, 0.4) is 0 Å². The van der Waals surface area contributed by atoms with Crippen molar-refractivity contribution in [2.45, 2.75) is 23.5 Å². The van der Waals surface area contributed by atoms with Crippen molar-refractivity contribution < 1.29 is 0 Å². The van der Waals surface area contributed by atoms with E-state index in [0.717, 1.165) is 28.2 Å². The number of hydrogen-bond acceptors (Lipinski definition) is 5. The van der Waals surface area contributed by atoms with Crippen LogP contribution in [-0.4, -0.2) is 29.0 Å². The van der Waals surface area contributed by atoms with Crippen molar-refractivity contribution in [3.8, 4) is 0 Å². The highest BCUT2D eigenvalue weighted by Gasteiger charge is 2.02. The Morgan fingerprint density at radius 2 is 2.21 bits per heavy atom. The molecule has 0 atom stereocenters. The molecule has 3 nitrogen and oxygen atoms in total. The summed E-state index contributed by atoms with van der Waals surface area (Å²) in [6.07, 6.45) is 3.15. The van der Waals surface area contributed by atoms with Crippen LogP contribution in [0, 0.1) is 0 Å². The Balaban J connectivity index is 2.81. The fourth-order valence-corrected chi connectivity index (χ4v) is 2.10.